The van der Waals surface area contributed by atoms with Gasteiger partial charge in [-0.2, -0.15) is 0 Å². The number of nitrogens with zero attached hydrogens (tertiary/aromatic N) is 1. The fourth-order valence-electron chi connectivity index (χ4n) is 2.20. The van der Waals surface area contributed by atoms with Gasteiger partial charge in [-0.15, -0.1) is 11.3 Å². The van der Waals surface area contributed by atoms with Gasteiger partial charge in [-0.05, 0) is 24.1 Å². The number of thioether (sulfide) groups is 1. The summed E-state index contributed by atoms with van der Waals surface area (Å²) in [5.41, 5.74) is 1.34. The zero-order chi connectivity index (χ0) is 13.8. The molecule has 1 unspecified atom stereocenters. The molecule has 1 saturated heterocycles. The average molecular weight is 302 g/mol. The number of thiophene rings is 1. The molecule has 1 aliphatic rings. The first-order chi connectivity index (χ1) is 9.85. The molecule has 0 bridgehead atoms. The molecule has 2 nitrogen and oxygen atoms in total. The summed E-state index contributed by atoms with van der Waals surface area (Å²) in [5, 5.41) is 4.59. The Kier molecular flexibility index (Phi) is 4.43. The molecule has 2 aromatic rings. The van der Waals surface area contributed by atoms with Crippen molar-refractivity contribution in [1.29, 1.82) is 0 Å². The Labute approximate surface area is 128 Å². The number of benzene rings is 1. The summed E-state index contributed by atoms with van der Waals surface area (Å²) in [6.45, 7) is 2.99. The van der Waals surface area contributed by atoms with E-state index in [4.69, 9.17) is 4.99 Å². The number of hydrogen-bond donors (Lipinski definition) is 1. The van der Waals surface area contributed by atoms with Crippen molar-refractivity contribution in [2.24, 2.45) is 4.99 Å². The summed E-state index contributed by atoms with van der Waals surface area (Å²) in [4.78, 5) is 7.48. The Morgan fingerprint density at radius 2 is 1.95 bits per heavy atom. The summed E-state index contributed by atoms with van der Waals surface area (Å²) in [5.74, 6) is 1.06. The van der Waals surface area contributed by atoms with Crippen molar-refractivity contribution in [2.75, 3.05) is 5.75 Å². The smallest absolute Gasteiger partial charge is 0.157 e. The third-order valence-electron chi connectivity index (χ3n) is 3.33. The highest BCUT2D eigenvalue weighted by atomic mass is 32.2. The quantitative estimate of drug-likeness (QED) is 0.913. The summed E-state index contributed by atoms with van der Waals surface area (Å²) < 4.78 is 0. The largest absolute Gasteiger partial charge is 0.357 e. The maximum absolute atomic E-state index is 4.70. The fraction of sp³-hybridized carbons (Fsp3) is 0.312. The summed E-state index contributed by atoms with van der Waals surface area (Å²) in [7, 11) is 0. The van der Waals surface area contributed by atoms with Gasteiger partial charge in [-0.3, -0.25) is 4.99 Å². The molecule has 4 heteroatoms. The van der Waals surface area contributed by atoms with Crippen molar-refractivity contribution >= 4 is 28.3 Å². The van der Waals surface area contributed by atoms with Gasteiger partial charge >= 0.3 is 0 Å². The molecule has 3 rings (SSSR count). The van der Waals surface area contributed by atoms with Crippen molar-refractivity contribution in [3.05, 3.63) is 57.8 Å². The molecule has 1 fully saturated rings. The molecule has 1 atom stereocenters. The van der Waals surface area contributed by atoms with E-state index in [0.29, 0.717) is 6.04 Å². The third-order valence-corrected chi connectivity index (χ3v) is 5.57. The summed E-state index contributed by atoms with van der Waals surface area (Å²) >= 11 is 3.69. The number of amidine groups is 1. The maximum Gasteiger partial charge on any atom is 0.157 e. The minimum Gasteiger partial charge on any atom is -0.357 e. The Hall–Kier alpha value is -1.26. The lowest BCUT2D eigenvalue weighted by atomic mass is 10.1. The lowest BCUT2D eigenvalue weighted by Crippen LogP contribution is -2.19. The predicted molar refractivity (Wildman–Crippen MR) is 89.6 cm³/mol. The minimum absolute atomic E-state index is 0.398. The summed E-state index contributed by atoms with van der Waals surface area (Å²) in [6, 6.07) is 15.4. The number of hydrogen-bond acceptors (Lipinski definition) is 3. The molecule has 1 aliphatic heterocycles. The van der Waals surface area contributed by atoms with Crippen LogP contribution in [0.4, 0.5) is 0 Å². The van der Waals surface area contributed by atoms with Gasteiger partial charge in [0.1, 0.15) is 0 Å². The second kappa shape index (κ2) is 6.46. The zero-order valence-electron chi connectivity index (χ0n) is 11.5. The van der Waals surface area contributed by atoms with Crippen molar-refractivity contribution in [3.63, 3.8) is 0 Å². The second-order valence-corrected chi connectivity index (χ2v) is 7.02. The van der Waals surface area contributed by atoms with Crippen molar-refractivity contribution in [2.45, 2.75) is 25.9 Å². The van der Waals surface area contributed by atoms with Gasteiger partial charge < -0.3 is 5.32 Å². The van der Waals surface area contributed by atoms with Crippen molar-refractivity contribution in [1.82, 2.24) is 5.32 Å². The molecule has 0 amide bonds. The molecular weight excluding hydrogens is 284 g/mol. The first-order valence-corrected chi connectivity index (χ1v) is 8.71. The van der Waals surface area contributed by atoms with Crippen LogP contribution in [-0.4, -0.2) is 10.9 Å². The van der Waals surface area contributed by atoms with E-state index in [-0.39, 0.29) is 0 Å². The van der Waals surface area contributed by atoms with E-state index in [1.54, 1.807) is 0 Å². The molecule has 1 aromatic heterocycles. The topological polar surface area (TPSA) is 24.4 Å². The predicted octanol–water partition coefficient (Wildman–Crippen LogP) is 4.24. The standard InChI is InChI=1S/C16H18N2S2/c1-2-13-8-9-14(20-13)10-17-16-18-15(11-19-16)12-6-4-3-5-7-12/h3-9,15H,2,10-11H2,1H3,(H,17,18). The van der Waals surface area contributed by atoms with Gasteiger partial charge in [0, 0.05) is 15.5 Å². The molecule has 1 aromatic carbocycles. The van der Waals surface area contributed by atoms with Gasteiger partial charge in [-0.25, -0.2) is 0 Å². The Morgan fingerprint density at radius 1 is 1.15 bits per heavy atom. The number of aryl methyl sites for hydroxylation is 1. The Balaban J connectivity index is 1.60. The van der Waals surface area contributed by atoms with Crippen LogP contribution in [0, 0.1) is 0 Å². The van der Waals surface area contributed by atoms with E-state index in [2.05, 4.69) is 54.7 Å². The summed E-state index contributed by atoms with van der Waals surface area (Å²) in [6.07, 6.45) is 1.12. The van der Waals surface area contributed by atoms with Crippen LogP contribution in [0.3, 0.4) is 0 Å². The first kappa shape index (κ1) is 13.7. The van der Waals surface area contributed by atoms with Crippen LogP contribution >= 0.6 is 23.1 Å². The molecule has 0 saturated carbocycles. The molecule has 104 valence electrons. The molecule has 0 radical (unpaired) electrons. The minimum atomic E-state index is 0.398. The number of rotatable bonds is 4. The van der Waals surface area contributed by atoms with E-state index in [1.165, 1.54) is 15.3 Å². The monoisotopic (exact) mass is 302 g/mol. The van der Waals surface area contributed by atoms with Crippen LogP contribution in [0.25, 0.3) is 0 Å². The highest BCUT2D eigenvalue weighted by Gasteiger charge is 2.21. The fourth-order valence-corrected chi connectivity index (χ4v) is 4.06. The van der Waals surface area contributed by atoms with Gasteiger partial charge in [0.15, 0.2) is 5.17 Å². The zero-order valence-corrected chi connectivity index (χ0v) is 13.1. The van der Waals surface area contributed by atoms with E-state index in [1.807, 2.05) is 23.1 Å². The van der Waals surface area contributed by atoms with Gasteiger partial charge in [-0.1, -0.05) is 49.0 Å². The van der Waals surface area contributed by atoms with Crippen LogP contribution in [0.1, 0.15) is 28.3 Å². The van der Waals surface area contributed by atoms with Crippen molar-refractivity contribution < 1.29 is 0 Å². The number of nitrogens with one attached hydrogen (secondary N) is 1. The molecule has 0 aliphatic carbocycles. The highest BCUT2D eigenvalue weighted by molar-refractivity contribution is 8.14. The second-order valence-electron chi connectivity index (χ2n) is 4.76. The van der Waals surface area contributed by atoms with Crippen LogP contribution in [0.5, 0.6) is 0 Å². The van der Waals surface area contributed by atoms with Crippen LogP contribution < -0.4 is 5.32 Å². The Bertz CT molecular complexity index is 590. The molecule has 2 heterocycles. The van der Waals surface area contributed by atoms with E-state index >= 15 is 0 Å². The maximum atomic E-state index is 4.70. The van der Waals surface area contributed by atoms with Gasteiger partial charge in [0.05, 0.1) is 12.6 Å². The van der Waals surface area contributed by atoms with E-state index in [9.17, 15) is 0 Å². The normalized spacial score (nSPS) is 20.2. The highest BCUT2D eigenvalue weighted by Crippen LogP contribution is 2.26. The molecule has 1 N–H and O–H groups in total. The SMILES string of the molecule is CCc1ccc(CN=C2NC(c3ccccc3)CS2)s1. The van der Waals surface area contributed by atoms with Gasteiger partial charge in [0.25, 0.3) is 0 Å². The van der Waals surface area contributed by atoms with Gasteiger partial charge in [0.2, 0.25) is 0 Å². The van der Waals surface area contributed by atoms with Crippen LogP contribution in [0.2, 0.25) is 0 Å². The van der Waals surface area contributed by atoms with Crippen LogP contribution in [0.15, 0.2) is 47.5 Å². The van der Waals surface area contributed by atoms with E-state index in [0.717, 1.165) is 23.9 Å². The third kappa shape index (κ3) is 3.25. The van der Waals surface area contributed by atoms with Crippen molar-refractivity contribution in [3.8, 4) is 0 Å². The first-order valence-electron chi connectivity index (χ1n) is 6.91. The van der Waals surface area contributed by atoms with E-state index < -0.39 is 0 Å². The molecular formula is C16H18N2S2. The number of aliphatic imine (C=N–C) groups is 1. The lowest BCUT2D eigenvalue weighted by molar-refractivity contribution is 0.749. The molecule has 0 spiro atoms. The van der Waals surface area contributed by atoms with Crippen LogP contribution in [-0.2, 0) is 13.0 Å². The molecule has 20 heavy (non-hydrogen) atoms. The average Bonchev–Trinajstić information content (AvgIpc) is 3.15. The Morgan fingerprint density at radius 3 is 2.70 bits per heavy atom. The lowest BCUT2D eigenvalue weighted by Gasteiger charge is -2.09.